The monoisotopic (exact) mass is 322 g/mol. The van der Waals surface area contributed by atoms with Crippen molar-refractivity contribution in [2.24, 2.45) is 5.73 Å². The molecule has 0 aromatic heterocycles. The molecule has 6 heteroatoms. The van der Waals surface area contributed by atoms with Crippen LogP contribution in [0, 0.1) is 12.7 Å². The fraction of sp³-hybridized carbons (Fsp3) is 0.0667. The molecule has 3 nitrogen and oxygen atoms in total. The van der Waals surface area contributed by atoms with Crippen molar-refractivity contribution in [2.45, 2.75) is 6.92 Å². The summed E-state index contributed by atoms with van der Waals surface area (Å²) < 4.78 is 13.7. The van der Waals surface area contributed by atoms with Gasteiger partial charge in [0, 0.05) is 10.6 Å². The first-order valence-electron chi connectivity index (χ1n) is 6.06. The Labute approximate surface area is 131 Å². The summed E-state index contributed by atoms with van der Waals surface area (Å²) >= 11 is 10.8. The number of aryl methyl sites for hydroxylation is 1. The molecule has 0 saturated carbocycles. The van der Waals surface area contributed by atoms with E-state index in [4.69, 9.17) is 29.6 Å². The molecule has 3 N–H and O–H groups in total. The number of hydrogen-bond acceptors (Lipinski definition) is 2. The zero-order valence-corrected chi connectivity index (χ0v) is 12.7. The molecule has 2 rings (SSSR count). The standard InChI is InChI=1S/C15H12ClFN2OS/c1-8-3-2-4-12(13(8)14(18)21)19-15(20)10-7-9(16)5-6-11(10)17/h2-7H,1H3,(H2,18,21)(H,19,20). The second-order valence-electron chi connectivity index (χ2n) is 4.44. The topological polar surface area (TPSA) is 55.1 Å². The van der Waals surface area contributed by atoms with Crippen LogP contribution in [0.25, 0.3) is 0 Å². The zero-order valence-electron chi connectivity index (χ0n) is 11.1. The third kappa shape index (κ3) is 3.37. The van der Waals surface area contributed by atoms with Gasteiger partial charge < -0.3 is 11.1 Å². The lowest BCUT2D eigenvalue weighted by Gasteiger charge is -2.13. The molecule has 0 radical (unpaired) electrons. The zero-order chi connectivity index (χ0) is 15.6. The fourth-order valence-electron chi connectivity index (χ4n) is 1.96. The van der Waals surface area contributed by atoms with Crippen LogP contribution in [0.5, 0.6) is 0 Å². The van der Waals surface area contributed by atoms with Crippen molar-refractivity contribution >= 4 is 40.4 Å². The third-order valence-corrected chi connectivity index (χ3v) is 3.38. The molecule has 0 aliphatic carbocycles. The molecule has 0 fully saturated rings. The van der Waals surface area contributed by atoms with Gasteiger partial charge in [-0.3, -0.25) is 4.79 Å². The highest BCUT2D eigenvalue weighted by molar-refractivity contribution is 7.80. The quantitative estimate of drug-likeness (QED) is 0.848. The lowest BCUT2D eigenvalue weighted by atomic mass is 10.1. The molecule has 0 atom stereocenters. The van der Waals surface area contributed by atoms with E-state index in [0.29, 0.717) is 11.3 Å². The Kier molecular flexibility index (Phi) is 4.55. The van der Waals surface area contributed by atoms with E-state index < -0.39 is 11.7 Å². The van der Waals surface area contributed by atoms with E-state index in [1.54, 1.807) is 12.1 Å². The average Bonchev–Trinajstić information content (AvgIpc) is 2.41. The van der Waals surface area contributed by atoms with Crippen LogP contribution in [0.15, 0.2) is 36.4 Å². The smallest absolute Gasteiger partial charge is 0.258 e. The first kappa shape index (κ1) is 15.4. The van der Waals surface area contributed by atoms with Crippen LogP contribution in [0.2, 0.25) is 5.02 Å². The van der Waals surface area contributed by atoms with Crippen molar-refractivity contribution < 1.29 is 9.18 Å². The Balaban J connectivity index is 2.39. The first-order valence-corrected chi connectivity index (χ1v) is 6.84. The van der Waals surface area contributed by atoms with Crippen molar-refractivity contribution in [2.75, 3.05) is 5.32 Å². The average molecular weight is 323 g/mol. The van der Waals surface area contributed by atoms with Gasteiger partial charge in [-0.2, -0.15) is 0 Å². The fourth-order valence-corrected chi connectivity index (χ4v) is 2.40. The largest absolute Gasteiger partial charge is 0.389 e. The second-order valence-corrected chi connectivity index (χ2v) is 5.32. The van der Waals surface area contributed by atoms with Gasteiger partial charge in [-0.1, -0.05) is 36.0 Å². The van der Waals surface area contributed by atoms with Crippen molar-refractivity contribution in [1.82, 2.24) is 0 Å². The molecule has 0 aliphatic rings. The van der Waals surface area contributed by atoms with Gasteiger partial charge in [0.15, 0.2) is 0 Å². The minimum atomic E-state index is -0.651. The van der Waals surface area contributed by atoms with Gasteiger partial charge in [-0.05, 0) is 36.8 Å². The number of nitrogens with one attached hydrogen (secondary N) is 1. The summed E-state index contributed by atoms with van der Waals surface area (Å²) in [6, 6.07) is 9.01. The molecule has 0 aliphatic heterocycles. The molecule has 2 aromatic rings. The Morgan fingerprint density at radius 2 is 2.05 bits per heavy atom. The highest BCUT2D eigenvalue weighted by atomic mass is 35.5. The van der Waals surface area contributed by atoms with Gasteiger partial charge in [0.25, 0.3) is 5.91 Å². The minimum Gasteiger partial charge on any atom is -0.389 e. The maximum absolute atomic E-state index is 13.7. The predicted molar refractivity (Wildman–Crippen MR) is 86.4 cm³/mol. The molecule has 0 unspecified atom stereocenters. The summed E-state index contributed by atoms with van der Waals surface area (Å²) in [5.74, 6) is -1.26. The van der Waals surface area contributed by atoms with E-state index in [9.17, 15) is 9.18 Å². The Morgan fingerprint density at radius 1 is 1.33 bits per heavy atom. The number of rotatable bonds is 3. The lowest BCUT2D eigenvalue weighted by molar-refractivity contribution is 0.102. The van der Waals surface area contributed by atoms with Gasteiger partial charge in [0.2, 0.25) is 0 Å². The summed E-state index contributed by atoms with van der Waals surface area (Å²) in [7, 11) is 0. The summed E-state index contributed by atoms with van der Waals surface area (Å²) in [6.45, 7) is 1.82. The van der Waals surface area contributed by atoms with Crippen LogP contribution in [-0.2, 0) is 0 Å². The van der Waals surface area contributed by atoms with E-state index in [-0.39, 0.29) is 15.6 Å². The number of nitrogens with two attached hydrogens (primary N) is 1. The normalized spacial score (nSPS) is 10.2. The number of thiocarbonyl (C=S) groups is 1. The minimum absolute atomic E-state index is 0.141. The molecular weight excluding hydrogens is 311 g/mol. The van der Waals surface area contributed by atoms with Gasteiger partial charge in [-0.25, -0.2) is 4.39 Å². The number of anilines is 1. The van der Waals surface area contributed by atoms with Crippen molar-refractivity contribution in [1.29, 1.82) is 0 Å². The predicted octanol–water partition coefficient (Wildman–Crippen LogP) is 3.67. The maximum Gasteiger partial charge on any atom is 0.258 e. The van der Waals surface area contributed by atoms with E-state index in [1.807, 2.05) is 13.0 Å². The van der Waals surface area contributed by atoms with E-state index in [1.165, 1.54) is 12.1 Å². The number of carbonyl (C=O) groups excluding carboxylic acids is 1. The number of amides is 1. The molecule has 21 heavy (non-hydrogen) atoms. The molecule has 0 heterocycles. The summed E-state index contributed by atoms with van der Waals surface area (Å²) in [5.41, 5.74) is 7.35. The molecule has 0 spiro atoms. The number of benzene rings is 2. The second kappa shape index (κ2) is 6.20. The summed E-state index contributed by atoms with van der Waals surface area (Å²) in [5, 5.41) is 2.89. The van der Waals surface area contributed by atoms with Crippen molar-refractivity contribution in [3.8, 4) is 0 Å². The van der Waals surface area contributed by atoms with Crippen LogP contribution < -0.4 is 11.1 Å². The van der Waals surface area contributed by atoms with Gasteiger partial charge in [-0.15, -0.1) is 0 Å². The SMILES string of the molecule is Cc1cccc(NC(=O)c2cc(Cl)ccc2F)c1C(N)=S. The maximum atomic E-state index is 13.7. The highest BCUT2D eigenvalue weighted by Gasteiger charge is 2.15. The Morgan fingerprint density at radius 3 is 2.71 bits per heavy atom. The number of halogens is 2. The van der Waals surface area contributed by atoms with Crippen molar-refractivity contribution in [3.05, 3.63) is 63.9 Å². The highest BCUT2D eigenvalue weighted by Crippen LogP contribution is 2.22. The molecule has 1 amide bonds. The third-order valence-electron chi connectivity index (χ3n) is 2.94. The van der Waals surface area contributed by atoms with Gasteiger partial charge in [0.05, 0.1) is 11.3 Å². The summed E-state index contributed by atoms with van der Waals surface area (Å²) in [6.07, 6.45) is 0. The van der Waals surface area contributed by atoms with E-state index in [2.05, 4.69) is 5.32 Å². The first-order chi connectivity index (χ1) is 9.90. The van der Waals surface area contributed by atoms with Gasteiger partial charge in [0.1, 0.15) is 10.8 Å². The van der Waals surface area contributed by atoms with Crippen molar-refractivity contribution in [3.63, 3.8) is 0 Å². The van der Waals surface area contributed by atoms with Gasteiger partial charge >= 0.3 is 0 Å². The molecule has 0 saturated heterocycles. The van der Waals surface area contributed by atoms with E-state index in [0.717, 1.165) is 11.6 Å². The van der Waals surface area contributed by atoms with Crippen LogP contribution in [0.3, 0.4) is 0 Å². The number of carbonyl (C=O) groups is 1. The van der Waals surface area contributed by atoms with Crippen LogP contribution in [0.4, 0.5) is 10.1 Å². The Hall–Kier alpha value is -1.98. The Bertz CT molecular complexity index is 734. The van der Waals surface area contributed by atoms with Crippen LogP contribution >= 0.6 is 23.8 Å². The summed E-state index contributed by atoms with van der Waals surface area (Å²) in [4.78, 5) is 12.3. The number of hydrogen-bond donors (Lipinski definition) is 2. The van der Waals surface area contributed by atoms with Crippen LogP contribution in [0.1, 0.15) is 21.5 Å². The molecular formula is C15H12ClFN2OS. The lowest BCUT2D eigenvalue weighted by Crippen LogP contribution is -2.19. The molecule has 2 aromatic carbocycles. The van der Waals surface area contributed by atoms with Crippen LogP contribution in [-0.4, -0.2) is 10.9 Å². The van der Waals surface area contributed by atoms with E-state index >= 15 is 0 Å². The molecule has 108 valence electrons. The molecule has 0 bridgehead atoms.